The van der Waals surface area contributed by atoms with E-state index in [-0.39, 0.29) is 33.0 Å². The molecule has 0 bridgehead atoms. The molecule has 0 aliphatic heterocycles. The Kier molecular flexibility index (Phi) is 7.87. The van der Waals surface area contributed by atoms with Crippen LogP contribution in [0.5, 0.6) is 0 Å². The maximum atomic E-state index is 14.6. The standard InChI is InChI=1S/C45H57N3O3/c1-27(2)30-18-23-45(40(51)46-26-37-47-33-10-8-9-11-34(33)48-37)25-24-43(6)32(38(30)45)16-17-36-42(5)21-19-31(28-12-14-29(15-13-28)39(49)50)41(3,4)35(42)20-22-44(36,43)7/h8-15,19,30,32,35-36,38H,1,16-18,20-26H2,2-7H3,(H,46,51)(H,47,48)(H,49,50)/t30-,32+,35-,36+,38+,42-,43+,44+,45-/m0/s1. The molecule has 0 spiro atoms. The smallest absolute Gasteiger partial charge is 0.335 e. The van der Waals surface area contributed by atoms with Crippen molar-refractivity contribution in [3.8, 4) is 0 Å². The fourth-order valence-corrected chi connectivity index (χ4v) is 13.9. The first-order valence-electron chi connectivity index (χ1n) is 19.6. The fourth-order valence-electron chi connectivity index (χ4n) is 13.9. The van der Waals surface area contributed by atoms with Crippen molar-refractivity contribution in [2.75, 3.05) is 0 Å². The van der Waals surface area contributed by atoms with E-state index in [0.717, 1.165) is 54.5 Å². The van der Waals surface area contributed by atoms with E-state index in [1.807, 2.05) is 36.4 Å². The second-order valence-corrected chi connectivity index (χ2v) is 18.7. The Morgan fingerprint density at radius 2 is 1.65 bits per heavy atom. The molecule has 0 saturated heterocycles. The van der Waals surface area contributed by atoms with Gasteiger partial charge in [-0.05, 0) is 151 Å². The van der Waals surface area contributed by atoms with Gasteiger partial charge < -0.3 is 15.4 Å². The lowest BCUT2D eigenvalue weighted by Gasteiger charge is -2.72. The Balaban J connectivity index is 1.09. The number of imidazole rings is 1. The van der Waals surface area contributed by atoms with Gasteiger partial charge in [0.05, 0.1) is 28.6 Å². The Hall–Kier alpha value is -3.67. The van der Waals surface area contributed by atoms with Crippen molar-refractivity contribution in [1.82, 2.24) is 15.3 Å². The average molecular weight is 688 g/mol. The van der Waals surface area contributed by atoms with Crippen LogP contribution in [0.15, 0.2) is 66.8 Å². The van der Waals surface area contributed by atoms with Crippen molar-refractivity contribution in [3.05, 3.63) is 83.7 Å². The molecule has 1 aromatic heterocycles. The summed E-state index contributed by atoms with van der Waals surface area (Å²) in [6.45, 7) is 20.0. The highest BCUT2D eigenvalue weighted by atomic mass is 16.4. The third-order valence-electron chi connectivity index (χ3n) is 16.4. The third-order valence-corrected chi connectivity index (χ3v) is 16.4. The zero-order chi connectivity index (χ0) is 36.1. The van der Waals surface area contributed by atoms with Crippen LogP contribution >= 0.6 is 0 Å². The summed E-state index contributed by atoms with van der Waals surface area (Å²) in [5, 5.41) is 12.9. The van der Waals surface area contributed by atoms with E-state index >= 15 is 0 Å². The number of benzene rings is 2. The highest BCUT2D eigenvalue weighted by Crippen LogP contribution is 2.77. The highest BCUT2D eigenvalue weighted by Gasteiger charge is 2.71. The van der Waals surface area contributed by atoms with E-state index in [1.165, 1.54) is 36.8 Å². The van der Waals surface area contributed by atoms with E-state index in [9.17, 15) is 14.7 Å². The largest absolute Gasteiger partial charge is 0.478 e. The molecule has 1 amide bonds. The molecule has 4 fully saturated rings. The van der Waals surface area contributed by atoms with Crippen LogP contribution in [-0.2, 0) is 11.3 Å². The number of carbonyl (C=O) groups excluding carboxylic acids is 1. The number of hydrogen-bond donors (Lipinski definition) is 3. The molecular formula is C45H57N3O3. The van der Waals surface area contributed by atoms with Crippen LogP contribution in [0.2, 0.25) is 0 Å². The number of amides is 1. The first kappa shape index (κ1) is 34.4. The summed E-state index contributed by atoms with van der Waals surface area (Å²) in [5.74, 6) is 2.50. The minimum atomic E-state index is -0.878. The topological polar surface area (TPSA) is 95.1 Å². The summed E-state index contributed by atoms with van der Waals surface area (Å²) >= 11 is 0. The minimum Gasteiger partial charge on any atom is -0.478 e. The molecule has 3 N–H and O–H groups in total. The van der Waals surface area contributed by atoms with E-state index in [2.05, 4.69) is 64.5 Å². The van der Waals surface area contributed by atoms with Gasteiger partial charge in [-0.1, -0.05) is 77.1 Å². The van der Waals surface area contributed by atoms with Crippen LogP contribution in [-0.4, -0.2) is 27.0 Å². The molecule has 5 aliphatic rings. The summed E-state index contributed by atoms with van der Waals surface area (Å²) in [4.78, 5) is 34.3. The van der Waals surface area contributed by atoms with Crippen LogP contribution in [0.1, 0.15) is 121 Å². The predicted octanol–water partition coefficient (Wildman–Crippen LogP) is 10.2. The monoisotopic (exact) mass is 687 g/mol. The maximum Gasteiger partial charge on any atom is 0.335 e. The second-order valence-electron chi connectivity index (χ2n) is 18.7. The minimum absolute atomic E-state index is 0.0209. The van der Waals surface area contributed by atoms with Gasteiger partial charge in [0.25, 0.3) is 0 Å². The Morgan fingerprint density at radius 1 is 0.902 bits per heavy atom. The molecule has 8 rings (SSSR count). The SMILES string of the molecule is C=C(C)[C@@H]1CC[C@]2(C(=O)NCc3nc4ccccc4[nH]3)CC[C@]3(C)[C@H](CC[C@@H]4[C@@]5(C)CC=C(c6ccc(C(=O)O)cc6)C(C)(C)[C@@H]5CC[C@]43C)[C@@H]12. The number of aromatic carboxylic acids is 1. The maximum absolute atomic E-state index is 14.6. The van der Waals surface area contributed by atoms with Gasteiger partial charge in [-0.2, -0.15) is 0 Å². The molecule has 2 aromatic carbocycles. The lowest BCUT2D eigenvalue weighted by Crippen LogP contribution is -2.66. The highest BCUT2D eigenvalue weighted by molar-refractivity contribution is 5.88. The van der Waals surface area contributed by atoms with Crippen LogP contribution in [0.3, 0.4) is 0 Å². The number of hydrogen-bond acceptors (Lipinski definition) is 3. The normalized spacial score (nSPS) is 38.1. The summed E-state index contributed by atoms with van der Waals surface area (Å²) in [6, 6.07) is 15.6. The van der Waals surface area contributed by atoms with E-state index in [0.29, 0.717) is 41.7 Å². The molecule has 6 heteroatoms. The molecule has 0 radical (unpaired) electrons. The number of nitrogens with one attached hydrogen (secondary N) is 2. The van der Waals surface area contributed by atoms with Crippen molar-refractivity contribution in [3.63, 3.8) is 0 Å². The fraction of sp³-hybridized carbons (Fsp3) is 0.578. The summed E-state index contributed by atoms with van der Waals surface area (Å²) in [5.41, 5.74) is 6.20. The number of para-hydroxylation sites is 2. The van der Waals surface area contributed by atoms with Crippen LogP contribution in [0, 0.1) is 56.7 Å². The van der Waals surface area contributed by atoms with E-state index < -0.39 is 5.97 Å². The lowest BCUT2D eigenvalue weighted by atomic mass is 9.32. The molecule has 1 heterocycles. The number of H-pyrrole nitrogens is 1. The van der Waals surface area contributed by atoms with E-state index in [4.69, 9.17) is 4.98 Å². The second kappa shape index (κ2) is 11.7. The zero-order valence-electron chi connectivity index (χ0n) is 31.6. The van der Waals surface area contributed by atoms with Gasteiger partial charge in [-0.25, -0.2) is 9.78 Å². The predicted molar refractivity (Wildman–Crippen MR) is 204 cm³/mol. The van der Waals surface area contributed by atoms with E-state index in [1.54, 1.807) is 12.1 Å². The first-order chi connectivity index (χ1) is 24.2. The van der Waals surface area contributed by atoms with Crippen LogP contribution < -0.4 is 5.32 Å². The quantitative estimate of drug-likeness (QED) is 0.225. The van der Waals surface area contributed by atoms with Crippen LogP contribution in [0.25, 0.3) is 16.6 Å². The number of fused-ring (bicyclic) bond motifs is 8. The summed E-state index contributed by atoms with van der Waals surface area (Å²) in [6.07, 6.45) is 12.4. The van der Waals surface area contributed by atoms with Gasteiger partial charge in [0.15, 0.2) is 0 Å². The molecule has 6 nitrogen and oxygen atoms in total. The number of carboxylic acid groups (broad SMARTS) is 1. The molecule has 4 saturated carbocycles. The molecule has 3 aromatic rings. The van der Waals surface area contributed by atoms with Gasteiger partial charge in [0.2, 0.25) is 5.91 Å². The first-order valence-corrected chi connectivity index (χ1v) is 19.6. The Bertz CT molecular complexity index is 1910. The van der Waals surface area contributed by atoms with Crippen molar-refractivity contribution >= 4 is 28.5 Å². The molecule has 51 heavy (non-hydrogen) atoms. The van der Waals surface area contributed by atoms with Gasteiger partial charge in [0, 0.05) is 0 Å². The van der Waals surface area contributed by atoms with Crippen molar-refractivity contribution < 1.29 is 14.7 Å². The van der Waals surface area contributed by atoms with Gasteiger partial charge >= 0.3 is 5.97 Å². The number of aromatic amines is 1. The average Bonchev–Trinajstić information content (AvgIpc) is 3.70. The number of rotatable bonds is 6. The number of carbonyl (C=O) groups is 2. The van der Waals surface area contributed by atoms with Gasteiger partial charge in [-0.15, -0.1) is 0 Å². The summed E-state index contributed by atoms with van der Waals surface area (Å²) in [7, 11) is 0. The van der Waals surface area contributed by atoms with Crippen molar-refractivity contribution in [2.24, 2.45) is 56.7 Å². The Labute approximate surface area is 304 Å². The molecule has 9 atom stereocenters. The Morgan fingerprint density at radius 3 is 2.35 bits per heavy atom. The number of aromatic nitrogens is 2. The van der Waals surface area contributed by atoms with Gasteiger partial charge in [-0.3, -0.25) is 4.79 Å². The van der Waals surface area contributed by atoms with Crippen LogP contribution in [0.4, 0.5) is 0 Å². The van der Waals surface area contributed by atoms with Crippen molar-refractivity contribution in [2.45, 2.75) is 106 Å². The zero-order valence-corrected chi connectivity index (χ0v) is 31.6. The molecule has 270 valence electrons. The van der Waals surface area contributed by atoms with Crippen molar-refractivity contribution in [1.29, 1.82) is 0 Å². The number of allylic oxidation sites excluding steroid dienone is 3. The van der Waals surface area contributed by atoms with Gasteiger partial charge in [0.1, 0.15) is 5.82 Å². The number of carboxylic acids is 1. The summed E-state index contributed by atoms with van der Waals surface area (Å²) < 4.78 is 0. The molecular weight excluding hydrogens is 631 g/mol. The third kappa shape index (κ3) is 4.83. The number of nitrogens with zero attached hydrogens (tertiary/aromatic N) is 1. The molecule has 5 aliphatic carbocycles. The lowest BCUT2D eigenvalue weighted by molar-refractivity contribution is -0.225. The molecule has 0 unspecified atom stereocenters.